The van der Waals surface area contributed by atoms with E-state index in [-0.39, 0.29) is 28.4 Å². The summed E-state index contributed by atoms with van der Waals surface area (Å²) in [5, 5.41) is 25.9. The lowest BCUT2D eigenvalue weighted by molar-refractivity contribution is -0.145. The largest absolute Gasteiger partial charge is 0.479 e. The van der Waals surface area contributed by atoms with Crippen LogP contribution >= 0.6 is 0 Å². The lowest BCUT2D eigenvalue weighted by Crippen LogP contribution is -2.58. The lowest BCUT2D eigenvalue weighted by Gasteiger charge is -2.30. The molecule has 0 spiro atoms. The number of rotatable bonds is 5. The number of amides is 7. The summed E-state index contributed by atoms with van der Waals surface area (Å²) >= 11 is 0. The van der Waals surface area contributed by atoms with Crippen LogP contribution in [0.1, 0.15) is 186 Å². The third kappa shape index (κ3) is 19.2. The maximum atomic E-state index is 13.6. The Hall–Kier alpha value is -4.90. The van der Waals surface area contributed by atoms with Gasteiger partial charge in [-0.15, -0.1) is 0 Å². The van der Waals surface area contributed by atoms with E-state index in [2.05, 4.69) is 26.0 Å². The van der Waals surface area contributed by atoms with Crippen LogP contribution in [0.4, 0.5) is 9.59 Å². The van der Waals surface area contributed by atoms with Crippen LogP contribution in [0.25, 0.3) is 0 Å². The minimum atomic E-state index is -1.63. The number of hydrogen-bond donors (Lipinski definition) is 7. The monoisotopic (exact) mass is 1120 g/mol. The summed E-state index contributed by atoms with van der Waals surface area (Å²) < 4.78 is 35.4. The molecule has 10 atom stereocenters. The zero-order valence-electron chi connectivity index (χ0n) is 47.6. The molecule has 0 aromatic heterocycles. The molecule has 4 heterocycles. The van der Waals surface area contributed by atoms with Gasteiger partial charge in [0, 0.05) is 24.9 Å². The number of carbonyl (C=O) groups excluding carboxylic acids is 7. The van der Waals surface area contributed by atoms with Crippen molar-refractivity contribution in [3.05, 3.63) is 24.3 Å². The summed E-state index contributed by atoms with van der Waals surface area (Å²) in [6, 6.07) is -3.09. The SMILES string of the molecule is CC(C)(C)OC(=O)N[C@H]1CCCCC/C=C\[C@@H]2C[C@@]2(C(=O)N[S@@](=O)C(C)(C)C)NC(=O)[C@@H]2CCCN2C1=O.CC(C)(C)OC(=O)N[C@H]1CCCCC/C=C\[C@@H]2C[C@@]2(C(=O)O)NC(=O)[C@@H]2CCCN2C1=O.CC(C)(C)[S@@](N)=O. The maximum absolute atomic E-state index is 13.6. The molecule has 6 aliphatic rings. The van der Waals surface area contributed by atoms with Gasteiger partial charge < -0.3 is 45.6 Å². The molecule has 4 aliphatic heterocycles. The number of carbonyl (C=O) groups is 8. The summed E-state index contributed by atoms with van der Waals surface area (Å²) in [5.41, 5.74) is -3.89. The Morgan fingerprint density at radius 2 is 1.00 bits per heavy atom. The standard InChI is InChI=1S/C27H44N4O6S.C23H35N3O6.C4H11NOS/c1-25(2,3)37-24(35)28-19-14-11-9-7-8-10-13-18-17-27(18,23(34)30-38(36)26(4,5)6)29-21(32)20-15-12-16-31(20)22(19)33;1-22(2,3)32-21(31)24-16-11-8-6-4-5-7-10-15-14-23(15,20(29)30)25-18(27)17-12-9-13-26(17)19(16)28;1-4(2,3)7(5)6/h10,13,18-20H,7-9,11-12,14-17H2,1-6H3,(H,28,35)(H,29,32)(H,30,34);7,10,15-17H,4-6,8-9,11-14H2,1-3H3,(H,24,31)(H,25,27)(H,29,30);5H2,1-3H3/b13-10-;10-7-;/t18-,19+,20+,27-,38+;15-,16+,17+,23-;7-/m110/s1. The average Bonchev–Trinajstić information content (AvgIpc) is 3.97. The van der Waals surface area contributed by atoms with Gasteiger partial charge in [-0.25, -0.2) is 22.8 Å². The van der Waals surface area contributed by atoms with Crippen LogP contribution in [0.3, 0.4) is 0 Å². The molecule has 21 nitrogen and oxygen atoms in total. The number of ether oxygens (including phenoxy) is 2. The number of nitrogens with one attached hydrogen (secondary N) is 5. The minimum Gasteiger partial charge on any atom is -0.479 e. The van der Waals surface area contributed by atoms with Crippen LogP contribution in [0.5, 0.6) is 0 Å². The Morgan fingerprint density at radius 3 is 1.38 bits per heavy atom. The van der Waals surface area contributed by atoms with Crippen molar-refractivity contribution in [2.45, 2.75) is 242 Å². The van der Waals surface area contributed by atoms with Crippen LogP contribution in [0.2, 0.25) is 0 Å². The van der Waals surface area contributed by atoms with Gasteiger partial charge >= 0.3 is 18.2 Å². The smallest absolute Gasteiger partial charge is 0.408 e. The molecule has 4 fully saturated rings. The fraction of sp³-hybridized carbons (Fsp3) is 0.778. The molecule has 23 heteroatoms. The van der Waals surface area contributed by atoms with Gasteiger partial charge in [0.05, 0.1) is 20.5 Å². The first-order valence-electron chi connectivity index (χ1n) is 27.3. The highest BCUT2D eigenvalue weighted by molar-refractivity contribution is 7.85. The summed E-state index contributed by atoms with van der Waals surface area (Å²) in [4.78, 5) is 107. The third-order valence-electron chi connectivity index (χ3n) is 14.0. The first kappa shape index (κ1) is 64.6. The second kappa shape index (κ2) is 26.8. The molecule has 0 aromatic carbocycles. The van der Waals surface area contributed by atoms with E-state index in [1.165, 1.54) is 9.80 Å². The average molecular weight is 1120 g/mol. The Morgan fingerprint density at radius 1 is 0.610 bits per heavy atom. The molecule has 436 valence electrons. The summed E-state index contributed by atoms with van der Waals surface area (Å²) in [6.45, 7) is 22.1. The molecule has 7 amide bonds. The number of carboxylic acid groups (broad SMARTS) is 1. The van der Waals surface area contributed by atoms with Gasteiger partial charge in [0.15, 0.2) is 0 Å². The van der Waals surface area contributed by atoms with E-state index < -0.39 is 109 Å². The third-order valence-corrected chi connectivity index (χ3v) is 16.7. The highest BCUT2D eigenvalue weighted by Gasteiger charge is 2.62. The zero-order chi connectivity index (χ0) is 57.9. The van der Waals surface area contributed by atoms with Gasteiger partial charge in [0.2, 0.25) is 23.6 Å². The van der Waals surface area contributed by atoms with Crippen molar-refractivity contribution in [1.29, 1.82) is 0 Å². The molecule has 0 unspecified atom stereocenters. The number of alkyl carbamates (subject to hydrolysis) is 2. The van der Waals surface area contributed by atoms with Crippen molar-refractivity contribution in [2.75, 3.05) is 13.1 Å². The van der Waals surface area contributed by atoms with Crippen LogP contribution in [-0.2, 0) is 60.2 Å². The van der Waals surface area contributed by atoms with Gasteiger partial charge in [0.25, 0.3) is 5.91 Å². The second-order valence-corrected chi connectivity index (χ2v) is 28.8. The van der Waals surface area contributed by atoms with Gasteiger partial charge in [-0.2, -0.15) is 0 Å². The van der Waals surface area contributed by atoms with Crippen molar-refractivity contribution in [3.63, 3.8) is 0 Å². The Bertz CT molecular complexity index is 2270. The number of nitrogens with two attached hydrogens (primary N) is 1. The molecule has 6 rings (SSSR count). The molecule has 0 aromatic rings. The van der Waals surface area contributed by atoms with E-state index >= 15 is 0 Å². The van der Waals surface area contributed by atoms with Crippen LogP contribution < -0.4 is 31.1 Å². The van der Waals surface area contributed by atoms with Crippen LogP contribution in [0.15, 0.2) is 24.3 Å². The zero-order valence-corrected chi connectivity index (χ0v) is 49.3. The predicted molar refractivity (Wildman–Crippen MR) is 294 cm³/mol. The van der Waals surface area contributed by atoms with Crippen molar-refractivity contribution in [1.82, 2.24) is 35.8 Å². The molecular formula is C54H90N8O13S2. The van der Waals surface area contributed by atoms with Gasteiger partial charge in [-0.3, -0.25) is 33.8 Å². The van der Waals surface area contributed by atoms with Crippen molar-refractivity contribution in [2.24, 2.45) is 17.0 Å². The predicted octanol–water partition coefficient (Wildman–Crippen LogP) is 5.60. The number of allylic oxidation sites excluding steroid dienone is 2. The van der Waals surface area contributed by atoms with E-state index in [0.717, 1.165) is 51.4 Å². The Kier molecular flexibility index (Phi) is 22.5. The van der Waals surface area contributed by atoms with Crippen molar-refractivity contribution >= 4 is 69.7 Å². The molecule has 8 N–H and O–H groups in total. The summed E-state index contributed by atoms with van der Waals surface area (Å²) in [6.07, 6.45) is 17.0. The fourth-order valence-corrected chi connectivity index (χ4v) is 10.1. The van der Waals surface area contributed by atoms with E-state index in [0.29, 0.717) is 64.5 Å². The topological polar surface area (TPSA) is 302 Å². The number of aliphatic carboxylic acids is 1. The first-order chi connectivity index (χ1) is 35.6. The number of nitrogens with zero attached hydrogens (tertiary/aromatic N) is 2. The summed E-state index contributed by atoms with van der Waals surface area (Å²) in [7, 11) is -2.81. The lowest BCUT2D eigenvalue weighted by atomic mass is 10.0. The Balaban J connectivity index is 0.000000299. The molecule has 2 saturated carbocycles. The number of carboxylic acids is 1. The quantitative estimate of drug-likeness (QED) is 0.165. The molecule has 0 radical (unpaired) electrons. The van der Waals surface area contributed by atoms with E-state index in [1.54, 1.807) is 62.3 Å². The normalized spacial score (nSPS) is 30.0. The van der Waals surface area contributed by atoms with Gasteiger partial charge in [-0.1, -0.05) is 50.0 Å². The highest BCUT2D eigenvalue weighted by Crippen LogP contribution is 2.47. The van der Waals surface area contributed by atoms with Crippen LogP contribution in [-0.4, -0.2) is 140 Å². The first-order valence-corrected chi connectivity index (χ1v) is 29.7. The number of hydrogen-bond acceptors (Lipinski definition) is 12. The number of fused-ring (bicyclic) bond motifs is 4. The van der Waals surface area contributed by atoms with E-state index in [1.807, 2.05) is 45.1 Å². The second-order valence-electron chi connectivity index (χ2n) is 25.0. The maximum Gasteiger partial charge on any atom is 0.408 e. The summed E-state index contributed by atoms with van der Waals surface area (Å²) in [5.74, 6) is -3.46. The molecular weight excluding hydrogens is 1030 g/mol. The van der Waals surface area contributed by atoms with Crippen LogP contribution in [0, 0.1) is 11.8 Å². The fourth-order valence-electron chi connectivity index (χ4n) is 9.40. The molecule has 2 aliphatic carbocycles. The van der Waals surface area contributed by atoms with Gasteiger partial charge in [0.1, 0.15) is 57.4 Å². The minimum absolute atomic E-state index is 0.208. The van der Waals surface area contributed by atoms with Crippen molar-refractivity contribution < 1.29 is 61.4 Å². The van der Waals surface area contributed by atoms with Crippen molar-refractivity contribution in [3.8, 4) is 0 Å². The van der Waals surface area contributed by atoms with E-state index in [4.69, 9.17) is 14.6 Å². The molecule has 0 bridgehead atoms. The van der Waals surface area contributed by atoms with Gasteiger partial charge in [-0.05, 0) is 160 Å². The molecule has 2 saturated heterocycles. The van der Waals surface area contributed by atoms with E-state index in [9.17, 15) is 51.9 Å². The molecule has 77 heavy (non-hydrogen) atoms. The highest BCUT2D eigenvalue weighted by atomic mass is 32.2. The Labute approximate surface area is 461 Å².